The van der Waals surface area contributed by atoms with E-state index in [-0.39, 0.29) is 0 Å². The van der Waals surface area contributed by atoms with Crippen LogP contribution in [0.4, 0.5) is 0 Å². The number of pyridine rings is 1. The number of ether oxygens (including phenoxy) is 1. The van der Waals surface area contributed by atoms with E-state index in [1.807, 2.05) is 54.6 Å². The van der Waals surface area contributed by atoms with Gasteiger partial charge in [-0.25, -0.2) is 4.98 Å². The average Bonchev–Trinajstić information content (AvgIpc) is 2.45. The lowest BCUT2D eigenvalue weighted by Crippen LogP contribution is -1.89. The maximum atomic E-state index is 5.70. The number of rotatable bonds is 6. The molecule has 1 aromatic carbocycles. The van der Waals surface area contributed by atoms with Crippen LogP contribution in [0.15, 0.2) is 54.6 Å². The number of unbranched alkanes of at least 4 members (excludes halogenated alkanes) is 2. The first-order valence-electron chi connectivity index (χ1n) is 6.75. The summed E-state index contributed by atoms with van der Waals surface area (Å²) >= 11 is 0. The summed E-state index contributed by atoms with van der Waals surface area (Å²) in [6, 6.07) is 15.5. The monoisotopic (exact) mass is 253 g/mol. The van der Waals surface area contributed by atoms with E-state index < -0.39 is 0 Å². The molecule has 98 valence electrons. The fourth-order valence-electron chi connectivity index (χ4n) is 1.72. The van der Waals surface area contributed by atoms with Crippen molar-refractivity contribution in [3.63, 3.8) is 0 Å². The van der Waals surface area contributed by atoms with Crippen LogP contribution in [-0.4, -0.2) is 4.98 Å². The van der Waals surface area contributed by atoms with Gasteiger partial charge >= 0.3 is 0 Å². The molecule has 2 nitrogen and oxygen atoms in total. The van der Waals surface area contributed by atoms with Gasteiger partial charge in [0.05, 0.1) is 5.69 Å². The molecule has 0 amide bonds. The molecule has 0 aliphatic carbocycles. The molecule has 0 aliphatic heterocycles. The smallest absolute Gasteiger partial charge is 0.219 e. The number of hydrogen-bond acceptors (Lipinski definition) is 2. The lowest BCUT2D eigenvalue weighted by Gasteiger charge is -2.04. The molecule has 0 saturated heterocycles. The highest BCUT2D eigenvalue weighted by atomic mass is 16.5. The molecule has 0 N–H and O–H groups in total. The van der Waals surface area contributed by atoms with Gasteiger partial charge < -0.3 is 4.74 Å². The summed E-state index contributed by atoms with van der Waals surface area (Å²) in [4.78, 5) is 4.46. The topological polar surface area (TPSA) is 22.1 Å². The number of benzene rings is 1. The fourth-order valence-corrected chi connectivity index (χ4v) is 1.72. The van der Waals surface area contributed by atoms with Crippen molar-refractivity contribution in [3.8, 4) is 11.6 Å². The Morgan fingerprint density at radius 3 is 2.68 bits per heavy atom. The van der Waals surface area contributed by atoms with Crippen molar-refractivity contribution in [2.45, 2.75) is 26.2 Å². The summed E-state index contributed by atoms with van der Waals surface area (Å²) in [5.41, 5.74) is 0.935. The highest BCUT2D eigenvalue weighted by Gasteiger charge is 1.98. The van der Waals surface area contributed by atoms with E-state index in [0.29, 0.717) is 5.88 Å². The van der Waals surface area contributed by atoms with Gasteiger partial charge in [-0.05, 0) is 30.7 Å². The van der Waals surface area contributed by atoms with Crippen LogP contribution in [0.5, 0.6) is 11.6 Å². The van der Waals surface area contributed by atoms with E-state index in [1.54, 1.807) is 0 Å². The lowest BCUT2D eigenvalue weighted by molar-refractivity contribution is 0.462. The van der Waals surface area contributed by atoms with Gasteiger partial charge in [-0.1, -0.05) is 50.1 Å². The largest absolute Gasteiger partial charge is 0.439 e. The minimum atomic E-state index is 0.629. The van der Waals surface area contributed by atoms with E-state index in [1.165, 1.54) is 12.8 Å². The third-order valence-corrected chi connectivity index (χ3v) is 2.72. The second-order valence-corrected chi connectivity index (χ2v) is 4.36. The highest BCUT2D eigenvalue weighted by molar-refractivity contribution is 5.45. The molecular weight excluding hydrogens is 234 g/mol. The number of hydrogen-bond donors (Lipinski definition) is 0. The molecule has 2 aromatic rings. The number of para-hydroxylation sites is 1. The zero-order valence-corrected chi connectivity index (χ0v) is 11.3. The van der Waals surface area contributed by atoms with Gasteiger partial charge in [0, 0.05) is 6.07 Å². The van der Waals surface area contributed by atoms with E-state index in [4.69, 9.17) is 4.74 Å². The Kier molecular flexibility index (Phi) is 5.17. The van der Waals surface area contributed by atoms with Crippen LogP contribution in [-0.2, 0) is 0 Å². The molecule has 1 heterocycles. The Labute approximate surface area is 114 Å². The summed E-state index contributed by atoms with van der Waals surface area (Å²) in [6.07, 6.45) is 7.75. The zero-order chi connectivity index (χ0) is 13.3. The maximum absolute atomic E-state index is 5.70. The minimum Gasteiger partial charge on any atom is -0.439 e. The van der Waals surface area contributed by atoms with E-state index in [9.17, 15) is 0 Å². The van der Waals surface area contributed by atoms with E-state index in [2.05, 4.69) is 18.0 Å². The first kappa shape index (κ1) is 13.3. The number of nitrogens with zero attached hydrogens (tertiary/aromatic N) is 1. The number of aromatic nitrogens is 1. The number of allylic oxidation sites excluding steroid dienone is 1. The summed E-state index contributed by atoms with van der Waals surface area (Å²) in [6.45, 7) is 2.19. The van der Waals surface area contributed by atoms with Crippen molar-refractivity contribution in [1.29, 1.82) is 0 Å². The predicted octanol–water partition coefficient (Wildman–Crippen LogP) is 5.08. The second kappa shape index (κ2) is 7.37. The molecule has 0 spiro atoms. The van der Waals surface area contributed by atoms with Gasteiger partial charge in [-0.3, -0.25) is 0 Å². The molecule has 0 unspecified atom stereocenters. The van der Waals surface area contributed by atoms with Gasteiger partial charge in [0.15, 0.2) is 0 Å². The van der Waals surface area contributed by atoms with Crippen LogP contribution >= 0.6 is 0 Å². The molecule has 1 aromatic heterocycles. The molecule has 0 saturated carbocycles. The molecular formula is C17H19NO. The Morgan fingerprint density at radius 2 is 1.89 bits per heavy atom. The van der Waals surface area contributed by atoms with Crippen molar-refractivity contribution in [3.05, 3.63) is 60.3 Å². The van der Waals surface area contributed by atoms with Crippen molar-refractivity contribution in [2.75, 3.05) is 0 Å². The van der Waals surface area contributed by atoms with Crippen LogP contribution < -0.4 is 4.74 Å². The molecule has 0 bridgehead atoms. The van der Waals surface area contributed by atoms with Gasteiger partial charge in [-0.15, -0.1) is 0 Å². The normalized spacial score (nSPS) is 10.8. The summed E-state index contributed by atoms with van der Waals surface area (Å²) in [5.74, 6) is 1.44. The Balaban J connectivity index is 2.01. The fraction of sp³-hybridized carbons (Fsp3) is 0.235. The third kappa shape index (κ3) is 4.59. The first-order chi connectivity index (χ1) is 9.38. The van der Waals surface area contributed by atoms with Crippen LogP contribution in [0.25, 0.3) is 6.08 Å². The first-order valence-corrected chi connectivity index (χ1v) is 6.75. The highest BCUT2D eigenvalue weighted by Crippen LogP contribution is 2.19. The Hall–Kier alpha value is -2.09. The SMILES string of the molecule is CCCCC=Cc1cccc(Oc2ccccc2)n1. The molecule has 0 radical (unpaired) electrons. The molecule has 2 heteroatoms. The van der Waals surface area contributed by atoms with Gasteiger partial charge in [0.25, 0.3) is 0 Å². The molecule has 19 heavy (non-hydrogen) atoms. The molecule has 0 aliphatic rings. The van der Waals surface area contributed by atoms with Crippen molar-refractivity contribution in [2.24, 2.45) is 0 Å². The van der Waals surface area contributed by atoms with Crippen LogP contribution in [0.1, 0.15) is 31.9 Å². The van der Waals surface area contributed by atoms with Gasteiger partial charge in [-0.2, -0.15) is 0 Å². The van der Waals surface area contributed by atoms with Crippen molar-refractivity contribution >= 4 is 6.08 Å². The van der Waals surface area contributed by atoms with Gasteiger partial charge in [0.1, 0.15) is 5.75 Å². The van der Waals surface area contributed by atoms with Gasteiger partial charge in [0.2, 0.25) is 5.88 Å². The Bertz CT molecular complexity index is 520. The predicted molar refractivity (Wildman–Crippen MR) is 79.3 cm³/mol. The van der Waals surface area contributed by atoms with Crippen LogP contribution in [0, 0.1) is 0 Å². The van der Waals surface area contributed by atoms with Crippen molar-refractivity contribution < 1.29 is 4.74 Å². The molecule has 2 rings (SSSR count). The Morgan fingerprint density at radius 1 is 1.05 bits per heavy atom. The summed E-state index contributed by atoms with van der Waals surface area (Å²) in [5, 5.41) is 0. The average molecular weight is 253 g/mol. The summed E-state index contributed by atoms with van der Waals surface area (Å²) in [7, 11) is 0. The third-order valence-electron chi connectivity index (χ3n) is 2.72. The second-order valence-electron chi connectivity index (χ2n) is 4.36. The van der Waals surface area contributed by atoms with Crippen molar-refractivity contribution in [1.82, 2.24) is 4.98 Å². The minimum absolute atomic E-state index is 0.629. The van der Waals surface area contributed by atoms with Crippen LogP contribution in [0.3, 0.4) is 0 Å². The van der Waals surface area contributed by atoms with E-state index >= 15 is 0 Å². The van der Waals surface area contributed by atoms with E-state index in [0.717, 1.165) is 17.9 Å². The lowest BCUT2D eigenvalue weighted by atomic mass is 10.2. The quantitative estimate of drug-likeness (QED) is 0.670. The zero-order valence-electron chi connectivity index (χ0n) is 11.3. The molecule has 0 fully saturated rings. The standard InChI is InChI=1S/C17H19NO/c1-2-3-4-6-10-15-11-9-14-17(18-15)19-16-12-7-5-8-13-16/h5-14H,2-4H2,1H3. The molecule has 0 atom stereocenters. The summed E-state index contributed by atoms with van der Waals surface area (Å²) < 4.78 is 5.70. The van der Waals surface area contributed by atoms with Crippen LogP contribution in [0.2, 0.25) is 0 Å². The maximum Gasteiger partial charge on any atom is 0.219 e.